The predicted molar refractivity (Wildman–Crippen MR) is 43.5 cm³/mol. The van der Waals surface area contributed by atoms with Crippen LogP contribution < -0.4 is 23.8 Å². The molecule has 1 aromatic rings. The van der Waals surface area contributed by atoms with Gasteiger partial charge in [-0.3, -0.25) is 4.98 Å². The van der Waals surface area contributed by atoms with E-state index in [1.165, 1.54) is 12.3 Å². The number of anilines is 1. The Morgan fingerprint density at radius 1 is 1.29 bits per heavy atom. The Hall–Kier alpha value is -1.07. The summed E-state index contributed by atoms with van der Waals surface area (Å²) in [4.78, 5) is 31.9. The van der Waals surface area contributed by atoms with Crippen LogP contribution >= 0.6 is 0 Å². The van der Waals surface area contributed by atoms with Crippen molar-refractivity contribution in [1.29, 1.82) is 0 Å². The van der Waals surface area contributed by atoms with Crippen LogP contribution in [0.1, 0.15) is 0 Å². The molecule has 0 bridgehead atoms. The summed E-state index contributed by atoms with van der Waals surface area (Å²) in [5, 5.41) is 0. The number of nitrogens with one attached hydrogen (secondary N) is 1. The second-order valence-corrected chi connectivity index (χ2v) is 1.33. The Kier molecular flexibility index (Phi) is 29.5. The molecule has 8 heteroatoms. The molecule has 0 saturated carbocycles. The number of H-pyrrole nitrogens is 1. The van der Waals surface area contributed by atoms with E-state index in [1.807, 2.05) is 13.6 Å². The summed E-state index contributed by atoms with van der Waals surface area (Å²) in [6.45, 7) is 4.00. The van der Waals surface area contributed by atoms with Crippen LogP contribution in [0.5, 0.6) is 0 Å². The molecule has 0 aliphatic heterocycles. The fourth-order valence-electron chi connectivity index (χ4n) is 0.383. The van der Waals surface area contributed by atoms with Crippen LogP contribution in [0, 0.1) is 0 Å². The summed E-state index contributed by atoms with van der Waals surface area (Å²) in [7, 11) is 0. The van der Waals surface area contributed by atoms with Gasteiger partial charge in [0.2, 0.25) is 0 Å². The van der Waals surface area contributed by atoms with E-state index in [1.54, 1.807) is 0 Å². The molecule has 0 fully saturated rings. The van der Waals surface area contributed by atoms with Gasteiger partial charge >= 0.3 is 5.69 Å². The molecule has 0 aliphatic rings. The smallest absolute Gasteiger partial charge is 0.346 e. The van der Waals surface area contributed by atoms with E-state index in [-0.39, 0.29) is 31.9 Å². The van der Waals surface area contributed by atoms with Crippen LogP contribution in [0.15, 0.2) is 17.1 Å². The van der Waals surface area contributed by atoms with Gasteiger partial charge in [-0.15, -0.1) is 0 Å². The van der Waals surface area contributed by atoms with Crippen molar-refractivity contribution in [3.05, 3.63) is 22.7 Å². The van der Waals surface area contributed by atoms with Crippen LogP contribution in [0.2, 0.25) is 0 Å². The van der Waals surface area contributed by atoms with Crippen molar-refractivity contribution in [3.63, 3.8) is 0 Å². The number of aromatic amines is 1. The summed E-state index contributed by atoms with van der Waals surface area (Å²) in [5.74, 6) is 0.338. The maximum Gasteiger partial charge on any atom is 0.346 e. The topological polar surface area (TPSA) is 106 Å². The molecule has 83 valence electrons. The summed E-state index contributed by atoms with van der Waals surface area (Å²) >= 11 is 0. The van der Waals surface area contributed by atoms with E-state index in [4.69, 9.17) is 15.3 Å². The van der Waals surface area contributed by atoms with Gasteiger partial charge in [0.1, 0.15) is 19.4 Å². The van der Waals surface area contributed by atoms with Crippen LogP contribution in [0.4, 0.5) is 5.82 Å². The summed E-state index contributed by atoms with van der Waals surface area (Å²) in [6, 6.07) is 1.52. The fraction of sp³-hybridized carbons (Fsp3) is 0. The van der Waals surface area contributed by atoms with Gasteiger partial charge in [0.25, 0.3) is 0 Å². The van der Waals surface area contributed by atoms with Crippen molar-refractivity contribution in [2.24, 2.45) is 0 Å². The Balaban J connectivity index is -0.0000000750. The number of nitrogens with two attached hydrogens (primary N) is 1. The molecule has 0 aliphatic carbocycles. The Morgan fingerprint density at radius 2 is 1.71 bits per heavy atom. The Bertz CT molecular complexity index is 268. The molecule has 1 aromatic heterocycles. The minimum Gasteiger partial charge on any atom is -1.00 e. The number of aromatic nitrogens is 2. The molecule has 0 amide bonds. The number of carbonyl (C=O) groups is 2. The largest absolute Gasteiger partial charge is 1.00 e. The van der Waals surface area contributed by atoms with Gasteiger partial charge < -0.3 is 27.7 Å². The van der Waals surface area contributed by atoms with E-state index in [0.717, 1.165) is 0 Å². The molecule has 3 N–H and O–H groups in total. The minimum atomic E-state index is -0.412. The van der Waals surface area contributed by atoms with E-state index >= 15 is 0 Å². The van der Waals surface area contributed by atoms with E-state index in [2.05, 4.69) is 9.97 Å². The first-order valence-electron chi connectivity index (χ1n) is 2.67. The number of hydrogen-bond donors (Lipinski definition) is 2. The summed E-state index contributed by atoms with van der Waals surface area (Å²) < 4.78 is 0. The zero-order chi connectivity index (χ0) is 9.98. The number of nitrogen functional groups attached to an aromatic ring is 1. The standard InChI is InChI=1S/C4H5N3O.2CH2O.ClH.Rh/c5-3-1-2-6-4(8)7-3;2*1-2;;/h1-2H,(H3,5,6,7,8);2*1H2;1H;/p-1. The zero-order valence-electron chi connectivity index (χ0n) is 7.03. The Morgan fingerprint density at radius 3 is 1.93 bits per heavy atom. The molecule has 0 saturated heterocycles. The van der Waals surface area contributed by atoms with Gasteiger partial charge in [0.05, 0.1) is 0 Å². The number of halogens is 1. The Labute approximate surface area is 99.5 Å². The van der Waals surface area contributed by atoms with Gasteiger partial charge in [-0.25, -0.2) is 9.78 Å². The maximum absolute atomic E-state index is 10.2. The number of hydrogen-bond acceptors (Lipinski definition) is 5. The van der Waals surface area contributed by atoms with Gasteiger partial charge in [0.15, 0.2) is 0 Å². The first-order valence-corrected chi connectivity index (χ1v) is 2.67. The van der Waals surface area contributed by atoms with Crippen molar-refractivity contribution >= 4 is 19.4 Å². The molecule has 1 radical (unpaired) electrons. The van der Waals surface area contributed by atoms with Crippen LogP contribution in [0.25, 0.3) is 0 Å². The average Bonchev–Trinajstić information content (AvgIpc) is 2.11. The SMILES string of the molecule is C=O.C=O.Nc1ccnc(=O)[nH]1.[Cl-].[Rh]. The molecule has 1 heterocycles. The quantitative estimate of drug-likeness (QED) is 0.475. The first-order chi connectivity index (χ1) is 5.79. The third kappa shape index (κ3) is 13.5. The summed E-state index contributed by atoms with van der Waals surface area (Å²) in [6.07, 6.45) is 1.36. The van der Waals surface area contributed by atoms with Crippen LogP contribution in [0.3, 0.4) is 0 Å². The van der Waals surface area contributed by atoms with Crippen molar-refractivity contribution in [1.82, 2.24) is 9.97 Å². The number of nitrogens with zero attached hydrogens (tertiary/aromatic N) is 1. The third-order valence-electron chi connectivity index (χ3n) is 0.697. The fourth-order valence-corrected chi connectivity index (χ4v) is 0.383. The molecule has 0 unspecified atom stereocenters. The average molecular weight is 310 g/mol. The molecule has 0 spiro atoms. The molecule has 6 nitrogen and oxygen atoms in total. The van der Waals surface area contributed by atoms with E-state index in [9.17, 15) is 4.79 Å². The van der Waals surface area contributed by atoms with Gasteiger partial charge in [-0.2, -0.15) is 0 Å². The van der Waals surface area contributed by atoms with Crippen LogP contribution in [-0.4, -0.2) is 23.5 Å². The molecule has 0 atom stereocenters. The normalized spacial score (nSPS) is 5.71. The van der Waals surface area contributed by atoms with E-state index in [0.29, 0.717) is 5.82 Å². The number of carbonyl (C=O) groups excluding carboxylic acids is 2. The monoisotopic (exact) mass is 309 g/mol. The first kappa shape index (κ1) is 23.1. The predicted octanol–water partition coefficient (Wildman–Crippen LogP) is -4.02. The summed E-state index contributed by atoms with van der Waals surface area (Å²) in [5.41, 5.74) is 4.75. The minimum absolute atomic E-state index is 0. The second-order valence-electron chi connectivity index (χ2n) is 1.33. The molecule has 14 heavy (non-hydrogen) atoms. The molecular weight excluding hydrogens is 300 g/mol. The zero-order valence-corrected chi connectivity index (χ0v) is 9.42. The second kappa shape index (κ2) is 17.9. The molecular formula is C6H9ClN3O3Rh-. The van der Waals surface area contributed by atoms with Gasteiger partial charge in [-0.05, 0) is 6.07 Å². The van der Waals surface area contributed by atoms with Crippen LogP contribution in [-0.2, 0) is 29.1 Å². The van der Waals surface area contributed by atoms with Gasteiger partial charge in [0, 0.05) is 25.7 Å². The van der Waals surface area contributed by atoms with Crippen molar-refractivity contribution in [2.45, 2.75) is 0 Å². The van der Waals surface area contributed by atoms with Crippen molar-refractivity contribution in [3.8, 4) is 0 Å². The van der Waals surface area contributed by atoms with E-state index < -0.39 is 5.69 Å². The molecule has 1 rings (SSSR count). The van der Waals surface area contributed by atoms with Crippen molar-refractivity contribution < 1.29 is 41.5 Å². The number of rotatable bonds is 0. The third-order valence-corrected chi connectivity index (χ3v) is 0.697. The van der Waals surface area contributed by atoms with Crippen molar-refractivity contribution in [2.75, 3.05) is 5.73 Å². The van der Waals surface area contributed by atoms with Gasteiger partial charge in [-0.1, -0.05) is 0 Å². The maximum atomic E-state index is 10.2. The molecule has 0 aromatic carbocycles.